The maximum absolute atomic E-state index is 8.33. The molecule has 0 radical (unpaired) electrons. The standard InChI is InChI=1S/C5H8N2O/c6-1-4-2-8-3-5(4)7/h4-5H,2-3,7H2. The van der Waals surface area contributed by atoms with E-state index in [1.807, 2.05) is 0 Å². The first kappa shape index (κ1) is 5.54. The summed E-state index contributed by atoms with van der Waals surface area (Å²) in [6, 6.07) is 2.01. The Morgan fingerprint density at radius 3 is 2.62 bits per heavy atom. The van der Waals surface area contributed by atoms with Gasteiger partial charge < -0.3 is 10.5 Å². The average Bonchev–Trinajstić information content (AvgIpc) is 2.14. The van der Waals surface area contributed by atoms with Crippen LogP contribution in [0.2, 0.25) is 0 Å². The minimum absolute atomic E-state index is 0.0556. The number of nitrogens with two attached hydrogens (primary N) is 1. The maximum Gasteiger partial charge on any atom is 0.0870 e. The summed E-state index contributed by atoms with van der Waals surface area (Å²) in [5.41, 5.74) is 5.44. The monoisotopic (exact) mass is 112 g/mol. The molecule has 8 heavy (non-hydrogen) atoms. The zero-order valence-electron chi connectivity index (χ0n) is 4.50. The number of hydrogen-bond acceptors (Lipinski definition) is 3. The molecular weight excluding hydrogens is 104 g/mol. The normalized spacial score (nSPS) is 37.0. The molecule has 3 nitrogen and oxygen atoms in total. The third-order valence-corrected chi connectivity index (χ3v) is 1.29. The first-order chi connectivity index (χ1) is 3.84. The Morgan fingerprint density at radius 2 is 2.38 bits per heavy atom. The third-order valence-electron chi connectivity index (χ3n) is 1.29. The van der Waals surface area contributed by atoms with Crippen LogP contribution in [0.5, 0.6) is 0 Å². The largest absolute Gasteiger partial charge is 0.378 e. The van der Waals surface area contributed by atoms with E-state index < -0.39 is 0 Å². The SMILES string of the molecule is N#CC1COCC1N. The lowest BCUT2D eigenvalue weighted by molar-refractivity contribution is 0.189. The lowest BCUT2D eigenvalue weighted by Crippen LogP contribution is -2.27. The van der Waals surface area contributed by atoms with Crippen LogP contribution in [0.4, 0.5) is 0 Å². The lowest BCUT2D eigenvalue weighted by atomic mass is 10.1. The van der Waals surface area contributed by atoms with Crippen molar-refractivity contribution >= 4 is 0 Å². The Hall–Kier alpha value is -0.590. The van der Waals surface area contributed by atoms with E-state index in [0.717, 1.165) is 0 Å². The van der Waals surface area contributed by atoms with Crippen molar-refractivity contribution in [2.45, 2.75) is 6.04 Å². The summed E-state index contributed by atoms with van der Waals surface area (Å²) in [6.45, 7) is 1.05. The van der Waals surface area contributed by atoms with Gasteiger partial charge in [-0.05, 0) is 0 Å². The summed E-state index contributed by atoms with van der Waals surface area (Å²) < 4.78 is 4.91. The summed E-state index contributed by atoms with van der Waals surface area (Å²) in [4.78, 5) is 0. The summed E-state index contributed by atoms with van der Waals surface area (Å²) in [5.74, 6) is -0.0741. The first-order valence-corrected chi connectivity index (χ1v) is 2.57. The average molecular weight is 112 g/mol. The van der Waals surface area contributed by atoms with Crippen LogP contribution < -0.4 is 5.73 Å². The van der Waals surface area contributed by atoms with E-state index in [-0.39, 0.29) is 12.0 Å². The summed E-state index contributed by atoms with van der Waals surface area (Å²) in [7, 11) is 0. The molecule has 0 aromatic carbocycles. The van der Waals surface area contributed by atoms with Gasteiger partial charge in [-0.3, -0.25) is 0 Å². The van der Waals surface area contributed by atoms with Crippen LogP contribution in [0, 0.1) is 17.2 Å². The number of hydrogen-bond donors (Lipinski definition) is 1. The Balaban J connectivity index is 2.45. The molecule has 44 valence electrons. The molecule has 0 aromatic rings. The Bertz CT molecular complexity index is 118. The molecule has 0 bridgehead atoms. The minimum Gasteiger partial charge on any atom is -0.378 e. The van der Waals surface area contributed by atoms with Crippen molar-refractivity contribution < 1.29 is 4.74 Å². The van der Waals surface area contributed by atoms with Gasteiger partial charge in [0, 0.05) is 6.04 Å². The molecule has 0 amide bonds. The van der Waals surface area contributed by atoms with E-state index in [2.05, 4.69) is 6.07 Å². The second kappa shape index (κ2) is 2.12. The van der Waals surface area contributed by atoms with E-state index in [9.17, 15) is 0 Å². The van der Waals surface area contributed by atoms with Gasteiger partial charge >= 0.3 is 0 Å². The Labute approximate surface area is 48.0 Å². The van der Waals surface area contributed by atoms with Gasteiger partial charge in [0.15, 0.2) is 0 Å². The molecule has 0 saturated carbocycles. The highest BCUT2D eigenvalue weighted by Gasteiger charge is 2.23. The Kier molecular flexibility index (Phi) is 1.47. The van der Waals surface area contributed by atoms with Crippen LogP contribution in [-0.4, -0.2) is 19.3 Å². The van der Waals surface area contributed by atoms with Crippen molar-refractivity contribution in [2.24, 2.45) is 11.7 Å². The number of nitriles is 1. The van der Waals surface area contributed by atoms with Crippen molar-refractivity contribution in [3.63, 3.8) is 0 Å². The summed E-state index contributed by atoms with van der Waals surface area (Å²) >= 11 is 0. The molecule has 2 atom stereocenters. The molecule has 1 rings (SSSR count). The zero-order chi connectivity index (χ0) is 5.98. The van der Waals surface area contributed by atoms with Crippen molar-refractivity contribution in [2.75, 3.05) is 13.2 Å². The second-order valence-corrected chi connectivity index (χ2v) is 1.94. The van der Waals surface area contributed by atoms with E-state index in [1.54, 1.807) is 0 Å². The van der Waals surface area contributed by atoms with Gasteiger partial charge in [-0.1, -0.05) is 0 Å². The third kappa shape index (κ3) is 0.808. The van der Waals surface area contributed by atoms with Crippen molar-refractivity contribution in [3.05, 3.63) is 0 Å². The molecular formula is C5H8N2O. The fraction of sp³-hybridized carbons (Fsp3) is 0.800. The fourth-order valence-electron chi connectivity index (χ4n) is 0.704. The fourth-order valence-corrected chi connectivity index (χ4v) is 0.704. The molecule has 1 aliphatic rings. The zero-order valence-corrected chi connectivity index (χ0v) is 4.50. The molecule has 1 aliphatic heterocycles. The van der Waals surface area contributed by atoms with Crippen LogP contribution in [0.15, 0.2) is 0 Å². The highest BCUT2D eigenvalue weighted by Crippen LogP contribution is 2.08. The quantitative estimate of drug-likeness (QED) is 0.459. The molecule has 0 spiro atoms. The van der Waals surface area contributed by atoms with Crippen LogP contribution >= 0.6 is 0 Å². The molecule has 1 fully saturated rings. The Morgan fingerprint density at radius 1 is 1.62 bits per heavy atom. The molecule has 1 saturated heterocycles. The van der Waals surface area contributed by atoms with Gasteiger partial charge in [0.1, 0.15) is 0 Å². The second-order valence-electron chi connectivity index (χ2n) is 1.94. The smallest absolute Gasteiger partial charge is 0.0870 e. The topological polar surface area (TPSA) is 59.0 Å². The number of rotatable bonds is 0. The first-order valence-electron chi connectivity index (χ1n) is 2.57. The van der Waals surface area contributed by atoms with Crippen LogP contribution in [0.25, 0.3) is 0 Å². The van der Waals surface area contributed by atoms with E-state index in [0.29, 0.717) is 13.2 Å². The molecule has 3 heteroatoms. The highest BCUT2D eigenvalue weighted by molar-refractivity contribution is 4.93. The van der Waals surface area contributed by atoms with Gasteiger partial charge in [-0.2, -0.15) is 5.26 Å². The number of nitrogens with zero attached hydrogens (tertiary/aromatic N) is 1. The summed E-state index contributed by atoms with van der Waals surface area (Å²) in [5, 5.41) is 8.33. The molecule has 2 unspecified atom stereocenters. The van der Waals surface area contributed by atoms with Gasteiger partial charge in [0.2, 0.25) is 0 Å². The van der Waals surface area contributed by atoms with Crippen LogP contribution in [0.1, 0.15) is 0 Å². The van der Waals surface area contributed by atoms with Gasteiger partial charge in [-0.15, -0.1) is 0 Å². The van der Waals surface area contributed by atoms with Gasteiger partial charge in [-0.25, -0.2) is 0 Å². The molecule has 0 aromatic heterocycles. The summed E-state index contributed by atoms with van der Waals surface area (Å²) in [6.07, 6.45) is 0. The van der Waals surface area contributed by atoms with Crippen molar-refractivity contribution in [1.29, 1.82) is 5.26 Å². The van der Waals surface area contributed by atoms with E-state index >= 15 is 0 Å². The lowest BCUT2D eigenvalue weighted by Gasteiger charge is -1.99. The predicted molar refractivity (Wildman–Crippen MR) is 27.9 cm³/mol. The molecule has 0 aliphatic carbocycles. The number of ether oxygens (including phenoxy) is 1. The molecule has 2 N–H and O–H groups in total. The maximum atomic E-state index is 8.33. The van der Waals surface area contributed by atoms with E-state index in [1.165, 1.54) is 0 Å². The predicted octanol–water partition coefficient (Wildman–Crippen LogP) is -0.516. The molecule has 1 heterocycles. The highest BCUT2D eigenvalue weighted by atomic mass is 16.5. The van der Waals surface area contributed by atoms with Gasteiger partial charge in [0.25, 0.3) is 0 Å². The van der Waals surface area contributed by atoms with Crippen molar-refractivity contribution in [1.82, 2.24) is 0 Å². The van der Waals surface area contributed by atoms with Crippen molar-refractivity contribution in [3.8, 4) is 6.07 Å². The van der Waals surface area contributed by atoms with Crippen LogP contribution in [-0.2, 0) is 4.74 Å². The van der Waals surface area contributed by atoms with Crippen LogP contribution in [0.3, 0.4) is 0 Å². The van der Waals surface area contributed by atoms with Gasteiger partial charge in [0.05, 0.1) is 25.2 Å². The minimum atomic E-state index is -0.0741. The van der Waals surface area contributed by atoms with E-state index in [4.69, 9.17) is 15.7 Å².